The quantitative estimate of drug-likeness (QED) is 0.572. The van der Waals surface area contributed by atoms with Crippen molar-refractivity contribution in [2.45, 2.75) is 0 Å². The van der Waals surface area contributed by atoms with Crippen LogP contribution in [0.2, 0.25) is 0 Å². The van der Waals surface area contributed by atoms with E-state index in [1.165, 1.54) is 0 Å². The minimum Gasteiger partial charge on any atom is -0.419 e. The number of hydrogen-bond acceptors (Lipinski definition) is 3. The predicted octanol–water partition coefficient (Wildman–Crippen LogP) is 3.34. The molecular weight excluding hydrogens is 252 g/mol. The first kappa shape index (κ1) is 11.0. The number of H-pyrrole nitrogens is 1. The van der Waals surface area contributed by atoms with Gasteiger partial charge < -0.3 is 9.40 Å². The lowest BCUT2D eigenvalue weighted by atomic mass is 10.2. The van der Waals surface area contributed by atoms with Crippen LogP contribution >= 0.6 is 0 Å². The van der Waals surface area contributed by atoms with Crippen LogP contribution in [0.15, 0.2) is 63.8 Å². The van der Waals surface area contributed by atoms with Gasteiger partial charge in [0.1, 0.15) is 5.52 Å². The van der Waals surface area contributed by atoms with Crippen molar-refractivity contribution in [3.05, 3.63) is 65.0 Å². The summed E-state index contributed by atoms with van der Waals surface area (Å²) in [6.45, 7) is 0. The Hall–Kier alpha value is -2.88. The van der Waals surface area contributed by atoms with Gasteiger partial charge in [-0.25, -0.2) is 9.78 Å². The summed E-state index contributed by atoms with van der Waals surface area (Å²) in [5, 5.41) is 1.04. The maximum atomic E-state index is 12.1. The van der Waals surface area contributed by atoms with Crippen LogP contribution < -0.4 is 5.63 Å². The van der Waals surface area contributed by atoms with Crippen molar-refractivity contribution < 1.29 is 4.42 Å². The molecule has 0 fully saturated rings. The third-order valence-corrected chi connectivity index (χ3v) is 3.28. The Kier molecular flexibility index (Phi) is 2.23. The third-order valence-electron chi connectivity index (χ3n) is 3.28. The molecule has 0 atom stereocenters. The minimum absolute atomic E-state index is 0.305. The van der Waals surface area contributed by atoms with Crippen LogP contribution in [0.4, 0.5) is 0 Å². The second-order valence-corrected chi connectivity index (χ2v) is 4.59. The average Bonchev–Trinajstić information content (AvgIpc) is 2.90. The Bertz CT molecular complexity index is 949. The summed E-state index contributed by atoms with van der Waals surface area (Å²) in [6, 6.07) is 17.0. The predicted molar refractivity (Wildman–Crippen MR) is 77.6 cm³/mol. The first-order valence-electron chi connectivity index (χ1n) is 6.29. The first-order valence-corrected chi connectivity index (χ1v) is 6.29. The number of nitrogens with one attached hydrogen (secondary N) is 1. The van der Waals surface area contributed by atoms with Crippen LogP contribution in [-0.2, 0) is 0 Å². The second kappa shape index (κ2) is 4.06. The van der Waals surface area contributed by atoms with Gasteiger partial charge in [-0.3, -0.25) is 0 Å². The van der Waals surface area contributed by atoms with E-state index < -0.39 is 5.63 Å². The molecule has 96 valence electrons. The van der Waals surface area contributed by atoms with Crippen molar-refractivity contribution in [3.63, 3.8) is 0 Å². The van der Waals surface area contributed by atoms with E-state index in [4.69, 9.17) is 4.42 Å². The molecule has 4 heteroatoms. The zero-order valence-electron chi connectivity index (χ0n) is 10.5. The molecule has 2 aromatic carbocycles. The molecule has 0 aliphatic carbocycles. The molecule has 0 amide bonds. The lowest BCUT2D eigenvalue weighted by Gasteiger charge is -1.98. The van der Waals surface area contributed by atoms with Crippen molar-refractivity contribution in [2.24, 2.45) is 0 Å². The van der Waals surface area contributed by atoms with Crippen LogP contribution in [0.25, 0.3) is 33.4 Å². The van der Waals surface area contributed by atoms with Crippen molar-refractivity contribution in [3.8, 4) is 11.4 Å². The Morgan fingerprint density at radius 1 is 1.00 bits per heavy atom. The van der Waals surface area contributed by atoms with Gasteiger partial charge in [-0.2, -0.15) is 0 Å². The lowest BCUT2D eigenvalue weighted by Crippen LogP contribution is -2.05. The molecule has 4 nitrogen and oxygen atoms in total. The van der Waals surface area contributed by atoms with E-state index in [9.17, 15) is 4.79 Å². The van der Waals surface area contributed by atoms with Crippen molar-refractivity contribution >= 4 is 22.0 Å². The number of nitrogens with zero attached hydrogens (tertiary/aromatic N) is 1. The molecule has 0 saturated heterocycles. The highest BCUT2D eigenvalue weighted by Gasteiger charge is 2.11. The summed E-state index contributed by atoms with van der Waals surface area (Å²) < 4.78 is 5.31. The molecule has 4 aromatic rings. The second-order valence-electron chi connectivity index (χ2n) is 4.59. The fourth-order valence-corrected chi connectivity index (χ4v) is 2.32. The average molecular weight is 262 g/mol. The van der Waals surface area contributed by atoms with Crippen LogP contribution in [0.1, 0.15) is 0 Å². The van der Waals surface area contributed by atoms with Crippen LogP contribution in [0, 0.1) is 0 Å². The van der Waals surface area contributed by atoms with Crippen LogP contribution in [0.3, 0.4) is 0 Å². The molecule has 0 radical (unpaired) electrons. The zero-order valence-corrected chi connectivity index (χ0v) is 10.5. The number of aromatic amines is 1. The molecule has 20 heavy (non-hydrogen) atoms. The molecule has 0 unspecified atom stereocenters. The normalized spacial score (nSPS) is 11.2. The summed E-state index contributed by atoms with van der Waals surface area (Å²) in [5.74, 6) is 0. The van der Waals surface area contributed by atoms with Gasteiger partial charge in [0.05, 0.1) is 5.69 Å². The summed E-state index contributed by atoms with van der Waals surface area (Å²) in [5.41, 5.74) is 2.68. The highest BCUT2D eigenvalue weighted by molar-refractivity contribution is 5.85. The molecule has 2 heterocycles. The zero-order chi connectivity index (χ0) is 13.5. The van der Waals surface area contributed by atoms with Crippen LogP contribution in [0.5, 0.6) is 0 Å². The van der Waals surface area contributed by atoms with E-state index in [2.05, 4.69) is 9.97 Å². The fourth-order valence-electron chi connectivity index (χ4n) is 2.32. The molecule has 0 saturated carbocycles. The van der Waals surface area contributed by atoms with E-state index in [0.29, 0.717) is 22.5 Å². The van der Waals surface area contributed by atoms with Gasteiger partial charge in [-0.15, -0.1) is 0 Å². The Morgan fingerprint density at radius 2 is 1.80 bits per heavy atom. The minimum atomic E-state index is -0.435. The number of para-hydroxylation sites is 3. The summed E-state index contributed by atoms with van der Waals surface area (Å²) in [4.78, 5) is 19.7. The summed E-state index contributed by atoms with van der Waals surface area (Å²) in [7, 11) is 0. The van der Waals surface area contributed by atoms with Crippen molar-refractivity contribution in [2.75, 3.05) is 0 Å². The number of benzene rings is 2. The molecule has 0 bridgehead atoms. The third kappa shape index (κ3) is 1.62. The van der Waals surface area contributed by atoms with Gasteiger partial charge in [-0.05, 0) is 24.3 Å². The molecule has 0 aliphatic rings. The van der Waals surface area contributed by atoms with Gasteiger partial charge in [0.25, 0.3) is 0 Å². The van der Waals surface area contributed by atoms with Crippen molar-refractivity contribution in [1.29, 1.82) is 0 Å². The lowest BCUT2D eigenvalue weighted by molar-refractivity contribution is 0.557. The summed E-state index contributed by atoms with van der Waals surface area (Å²) >= 11 is 0. The molecule has 4 rings (SSSR count). The Balaban J connectivity index is 2.01. The standard InChI is InChI=1S/C16H10N2O2/c19-16-15(18-12-7-3-4-8-14(12)20-16)13-9-10-5-1-2-6-11(10)17-13/h1-9,17H. The number of rotatable bonds is 1. The summed E-state index contributed by atoms with van der Waals surface area (Å²) in [6.07, 6.45) is 0. The highest BCUT2D eigenvalue weighted by atomic mass is 16.4. The van der Waals surface area contributed by atoms with Gasteiger partial charge in [-0.1, -0.05) is 30.3 Å². The Morgan fingerprint density at radius 3 is 2.70 bits per heavy atom. The van der Waals surface area contributed by atoms with E-state index in [-0.39, 0.29) is 0 Å². The van der Waals surface area contributed by atoms with E-state index >= 15 is 0 Å². The number of hydrogen-bond donors (Lipinski definition) is 1. The monoisotopic (exact) mass is 262 g/mol. The van der Waals surface area contributed by atoms with Crippen LogP contribution in [-0.4, -0.2) is 9.97 Å². The number of aromatic nitrogens is 2. The topological polar surface area (TPSA) is 58.9 Å². The van der Waals surface area contributed by atoms with E-state index in [1.807, 2.05) is 48.5 Å². The van der Waals surface area contributed by atoms with E-state index in [1.54, 1.807) is 6.07 Å². The molecular formula is C16H10N2O2. The maximum absolute atomic E-state index is 12.1. The molecule has 0 spiro atoms. The highest BCUT2D eigenvalue weighted by Crippen LogP contribution is 2.22. The van der Waals surface area contributed by atoms with Gasteiger partial charge >= 0.3 is 5.63 Å². The molecule has 2 aromatic heterocycles. The van der Waals surface area contributed by atoms with Crippen molar-refractivity contribution in [1.82, 2.24) is 9.97 Å². The maximum Gasteiger partial charge on any atom is 0.364 e. The SMILES string of the molecule is O=c1oc2ccccc2nc1-c1cc2ccccc2[nH]1. The van der Waals surface area contributed by atoms with E-state index in [0.717, 1.165) is 10.9 Å². The van der Waals surface area contributed by atoms with Gasteiger partial charge in [0.2, 0.25) is 0 Å². The van der Waals surface area contributed by atoms with Gasteiger partial charge in [0, 0.05) is 10.9 Å². The number of fused-ring (bicyclic) bond motifs is 2. The molecule has 0 aliphatic heterocycles. The molecule has 1 N–H and O–H groups in total. The largest absolute Gasteiger partial charge is 0.419 e. The first-order chi connectivity index (χ1) is 9.81. The fraction of sp³-hybridized carbons (Fsp3) is 0. The smallest absolute Gasteiger partial charge is 0.364 e. The Labute approximate surface area is 113 Å². The van der Waals surface area contributed by atoms with Gasteiger partial charge in [0.15, 0.2) is 11.3 Å².